The maximum absolute atomic E-state index is 13.0. The Hall–Kier alpha value is -2.73. The lowest BCUT2D eigenvalue weighted by Gasteiger charge is -2.22. The maximum atomic E-state index is 13.0. The van der Waals surface area contributed by atoms with Crippen molar-refractivity contribution in [2.45, 2.75) is 31.7 Å². The van der Waals surface area contributed by atoms with Crippen molar-refractivity contribution in [3.8, 4) is 0 Å². The van der Waals surface area contributed by atoms with Gasteiger partial charge in [-0.3, -0.25) is 9.59 Å². The molecule has 0 saturated carbocycles. The van der Waals surface area contributed by atoms with Crippen LogP contribution in [-0.2, 0) is 22.4 Å². The highest BCUT2D eigenvalue weighted by molar-refractivity contribution is 5.79. The maximum Gasteiger partial charge on any atom is 0.303 e. The lowest BCUT2D eigenvalue weighted by Crippen LogP contribution is -2.43. The Balaban J connectivity index is 2.02. The standard InChI is InChI=1S/C21H25FN2O3/c22-18-8-6-16(7-9-18)12-17(14-23)21(27)24-19(10-11-20(25)26)13-15-4-2-1-3-5-15/h1-9,17,19H,10-14,23H2,(H,24,27)(H,25,26). The fourth-order valence-corrected chi connectivity index (χ4v) is 2.93. The summed E-state index contributed by atoms with van der Waals surface area (Å²) in [6.07, 6.45) is 1.26. The first-order valence-electron chi connectivity index (χ1n) is 8.98. The summed E-state index contributed by atoms with van der Waals surface area (Å²) >= 11 is 0. The molecule has 2 aromatic rings. The molecule has 0 heterocycles. The molecule has 2 unspecified atom stereocenters. The van der Waals surface area contributed by atoms with Gasteiger partial charge in [0.1, 0.15) is 5.82 Å². The van der Waals surface area contributed by atoms with E-state index < -0.39 is 11.9 Å². The van der Waals surface area contributed by atoms with Gasteiger partial charge in [-0.25, -0.2) is 4.39 Å². The van der Waals surface area contributed by atoms with Crippen molar-refractivity contribution in [2.75, 3.05) is 6.54 Å². The van der Waals surface area contributed by atoms with Crippen LogP contribution in [0.15, 0.2) is 54.6 Å². The molecule has 5 nitrogen and oxygen atoms in total. The van der Waals surface area contributed by atoms with Crippen molar-refractivity contribution in [1.29, 1.82) is 0 Å². The summed E-state index contributed by atoms with van der Waals surface area (Å²) in [5.74, 6) is -1.90. The minimum atomic E-state index is -0.899. The zero-order valence-electron chi connectivity index (χ0n) is 15.1. The fraction of sp³-hybridized carbons (Fsp3) is 0.333. The van der Waals surface area contributed by atoms with E-state index in [1.54, 1.807) is 12.1 Å². The summed E-state index contributed by atoms with van der Waals surface area (Å²) in [6, 6.07) is 15.3. The molecule has 0 aliphatic carbocycles. The van der Waals surface area contributed by atoms with Crippen molar-refractivity contribution in [3.05, 3.63) is 71.5 Å². The number of halogens is 1. The van der Waals surface area contributed by atoms with E-state index in [4.69, 9.17) is 10.8 Å². The number of rotatable bonds is 10. The molecule has 6 heteroatoms. The van der Waals surface area contributed by atoms with Crippen LogP contribution in [0, 0.1) is 11.7 Å². The van der Waals surface area contributed by atoms with E-state index in [0.717, 1.165) is 11.1 Å². The van der Waals surface area contributed by atoms with Crippen LogP contribution in [-0.4, -0.2) is 29.6 Å². The number of hydrogen-bond acceptors (Lipinski definition) is 3. The number of hydrogen-bond donors (Lipinski definition) is 3. The lowest BCUT2D eigenvalue weighted by atomic mass is 9.96. The first-order valence-corrected chi connectivity index (χ1v) is 8.98. The Bertz CT molecular complexity index is 735. The molecule has 0 fully saturated rings. The first-order chi connectivity index (χ1) is 13.0. The van der Waals surface area contributed by atoms with Crippen molar-refractivity contribution in [3.63, 3.8) is 0 Å². The molecule has 1 amide bonds. The zero-order valence-corrected chi connectivity index (χ0v) is 15.1. The molecular formula is C21H25FN2O3. The van der Waals surface area contributed by atoms with Gasteiger partial charge in [-0.15, -0.1) is 0 Å². The monoisotopic (exact) mass is 372 g/mol. The largest absolute Gasteiger partial charge is 0.481 e. The SMILES string of the molecule is NCC(Cc1ccc(F)cc1)C(=O)NC(CCC(=O)O)Cc1ccccc1. The van der Waals surface area contributed by atoms with Crippen LogP contribution >= 0.6 is 0 Å². The fourth-order valence-electron chi connectivity index (χ4n) is 2.93. The lowest BCUT2D eigenvalue weighted by molar-refractivity contribution is -0.137. The number of nitrogens with two attached hydrogens (primary N) is 1. The summed E-state index contributed by atoms with van der Waals surface area (Å²) < 4.78 is 13.0. The van der Waals surface area contributed by atoms with Crippen molar-refractivity contribution < 1.29 is 19.1 Å². The summed E-state index contributed by atoms with van der Waals surface area (Å²) in [4.78, 5) is 23.6. The molecular weight excluding hydrogens is 347 g/mol. The second-order valence-corrected chi connectivity index (χ2v) is 6.59. The second-order valence-electron chi connectivity index (χ2n) is 6.59. The first kappa shape index (κ1) is 20.6. The number of benzene rings is 2. The van der Waals surface area contributed by atoms with Crippen LogP contribution in [0.25, 0.3) is 0 Å². The van der Waals surface area contributed by atoms with Gasteiger partial charge in [0.2, 0.25) is 5.91 Å². The van der Waals surface area contributed by atoms with Crippen molar-refractivity contribution in [1.82, 2.24) is 5.32 Å². The van der Waals surface area contributed by atoms with Gasteiger partial charge in [-0.2, -0.15) is 0 Å². The van der Waals surface area contributed by atoms with Gasteiger partial charge in [0.25, 0.3) is 0 Å². The van der Waals surface area contributed by atoms with E-state index in [-0.39, 0.29) is 30.7 Å². The molecule has 144 valence electrons. The number of nitrogens with one attached hydrogen (secondary N) is 1. The van der Waals surface area contributed by atoms with E-state index >= 15 is 0 Å². The van der Waals surface area contributed by atoms with E-state index in [2.05, 4.69) is 5.32 Å². The highest BCUT2D eigenvalue weighted by Crippen LogP contribution is 2.12. The molecule has 2 aromatic carbocycles. The Morgan fingerprint density at radius 1 is 1.00 bits per heavy atom. The molecule has 2 atom stereocenters. The molecule has 0 aliphatic rings. The molecule has 0 spiro atoms. The van der Waals surface area contributed by atoms with Crippen LogP contribution < -0.4 is 11.1 Å². The molecule has 0 saturated heterocycles. The number of amides is 1. The number of carboxylic acid groups (broad SMARTS) is 1. The topological polar surface area (TPSA) is 92.4 Å². The number of carbonyl (C=O) groups is 2. The second kappa shape index (κ2) is 10.4. The van der Waals surface area contributed by atoms with E-state index in [1.165, 1.54) is 12.1 Å². The van der Waals surface area contributed by atoms with Gasteiger partial charge in [0.15, 0.2) is 0 Å². The van der Waals surface area contributed by atoms with Crippen molar-refractivity contribution >= 4 is 11.9 Å². The van der Waals surface area contributed by atoms with Crippen LogP contribution in [0.3, 0.4) is 0 Å². The predicted octanol–water partition coefficient (Wildman–Crippen LogP) is 2.54. The summed E-state index contributed by atoms with van der Waals surface area (Å²) in [5, 5.41) is 11.9. The highest BCUT2D eigenvalue weighted by atomic mass is 19.1. The van der Waals surface area contributed by atoms with Crippen LogP contribution in [0.1, 0.15) is 24.0 Å². The van der Waals surface area contributed by atoms with Crippen LogP contribution in [0.4, 0.5) is 4.39 Å². The average Bonchev–Trinajstić information content (AvgIpc) is 2.66. The molecule has 4 N–H and O–H groups in total. The van der Waals surface area contributed by atoms with Gasteiger partial charge in [-0.05, 0) is 42.5 Å². The predicted molar refractivity (Wildman–Crippen MR) is 102 cm³/mol. The Morgan fingerprint density at radius 2 is 1.63 bits per heavy atom. The van der Waals surface area contributed by atoms with Crippen molar-refractivity contribution in [2.24, 2.45) is 11.7 Å². The summed E-state index contributed by atoms with van der Waals surface area (Å²) in [7, 11) is 0. The van der Waals surface area contributed by atoms with E-state index in [1.807, 2.05) is 30.3 Å². The quantitative estimate of drug-likeness (QED) is 0.598. The average molecular weight is 372 g/mol. The normalized spacial score (nSPS) is 13.0. The number of carbonyl (C=O) groups excluding carboxylic acids is 1. The Labute approximate surface area is 158 Å². The van der Waals surface area contributed by atoms with Gasteiger partial charge in [0, 0.05) is 19.0 Å². The number of carboxylic acids is 1. The van der Waals surface area contributed by atoms with Gasteiger partial charge in [-0.1, -0.05) is 42.5 Å². The Kier molecular flexibility index (Phi) is 7.95. The van der Waals surface area contributed by atoms with Gasteiger partial charge < -0.3 is 16.2 Å². The van der Waals surface area contributed by atoms with Crippen LogP contribution in [0.2, 0.25) is 0 Å². The van der Waals surface area contributed by atoms with Gasteiger partial charge in [0.05, 0.1) is 5.92 Å². The molecule has 0 radical (unpaired) electrons. The smallest absolute Gasteiger partial charge is 0.303 e. The summed E-state index contributed by atoms with van der Waals surface area (Å²) in [5.41, 5.74) is 7.62. The van der Waals surface area contributed by atoms with E-state index in [0.29, 0.717) is 19.3 Å². The highest BCUT2D eigenvalue weighted by Gasteiger charge is 2.21. The molecule has 2 rings (SSSR count). The Morgan fingerprint density at radius 3 is 2.22 bits per heavy atom. The van der Waals surface area contributed by atoms with Gasteiger partial charge >= 0.3 is 5.97 Å². The van der Waals surface area contributed by atoms with E-state index in [9.17, 15) is 14.0 Å². The minimum Gasteiger partial charge on any atom is -0.481 e. The number of aliphatic carboxylic acids is 1. The molecule has 27 heavy (non-hydrogen) atoms. The third-order valence-electron chi connectivity index (χ3n) is 4.43. The third-order valence-corrected chi connectivity index (χ3v) is 4.43. The van der Waals surface area contributed by atoms with Crippen LogP contribution in [0.5, 0.6) is 0 Å². The molecule has 0 bridgehead atoms. The summed E-state index contributed by atoms with van der Waals surface area (Å²) in [6.45, 7) is 0.153. The molecule has 0 aliphatic heterocycles. The third kappa shape index (κ3) is 7.19. The minimum absolute atomic E-state index is 0.0248. The zero-order chi connectivity index (χ0) is 19.6. The molecule has 0 aromatic heterocycles.